The van der Waals surface area contributed by atoms with Crippen molar-refractivity contribution in [3.05, 3.63) is 34.4 Å². The first-order valence-corrected chi connectivity index (χ1v) is 9.77. The van der Waals surface area contributed by atoms with E-state index in [2.05, 4.69) is 6.92 Å². The van der Waals surface area contributed by atoms with Gasteiger partial charge in [0.1, 0.15) is 0 Å². The number of hydrogen-bond acceptors (Lipinski definition) is 5. The molecule has 1 saturated carbocycles. The average molecular weight is 367 g/mol. The summed E-state index contributed by atoms with van der Waals surface area (Å²) < 4.78 is 26.5. The lowest BCUT2D eigenvalue weighted by atomic mass is 10.1. The monoisotopic (exact) mass is 367 g/mol. The molecule has 2 atom stereocenters. The number of hydrogen-bond donors (Lipinski definition) is 0. The van der Waals surface area contributed by atoms with Gasteiger partial charge in [0.15, 0.2) is 0 Å². The van der Waals surface area contributed by atoms with E-state index in [0.29, 0.717) is 12.5 Å². The first-order valence-electron chi connectivity index (χ1n) is 8.33. The molecule has 2 fully saturated rings. The van der Waals surface area contributed by atoms with Gasteiger partial charge >= 0.3 is 0 Å². The van der Waals surface area contributed by atoms with Crippen molar-refractivity contribution < 1.29 is 18.1 Å². The molecule has 8 nitrogen and oxygen atoms in total. The van der Waals surface area contributed by atoms with E-state index in [1.54, 1.807) is 0 Å². The lowest BCUT2D eigenvalue weighted by molar-refractivity contribution is -0.384. The summed E-state index contributed by atoms with van der Waals surface area (Å²) in [4.78, 5) is 24.3. The molecule has 1 saturated heterocycles. The van der Waals surface area contributed by atoms with E-state index in [1.165, 1.54) is 12.1 Å². The third kappa shape index (κ3) is 3.52. The Bertz CT molecular complexity index is 777. The van der Waals surface area contributed by atoms with Crippen LogP contribution in [0.1, 0.15) is 26.2 Å². The number of amides is 1. The number of carbonyl (C=O) groups excluding carboxylic acids is 1. The van der Waals surface area contributed by atoms with Crippen molar-refractivity contribution in [3.63, 3.8) is 0 Å². The van der Waals surface area contributed by atoms with Gasteiger partial charge in [0.25, 0.3) is 5.69 Å². The van der Waals surface area contributed by atoms with Crippen LogP contribution in [0.5, 0.6) is 0 Å². The van der Waals surface area contributed by atoms with Crippen molar-refractivity contribution in [2.75, 3.05) is 19.6 Å². The molecule has 2 aliphatic rings. The van der Waals surface area contributed by atoms with Crippen LogP contribution in [0.2, 0.25) is 0 Å². The Kier molecular flexibility index (Phi) is 4.79. The van der Waals surface area contributed by atoms with Gasteiger partial charge in [0.05, 0.1) is 16.4 Å². The van der Waals surface area contributed by atoms with E-state index in [1.807, 2.05) is 4.90 Å². The van der Waals surface area contributed by atoms with Gasteiger partial charge in [-0.3, -0.25) is 14.9 Å². The van der Waals surface area contributed by atoms with Gasteiger partial charge in [-0.05, 0) is 37.3 Å². The van der Waals surface area contributed by atoms with Gasteiger partial charge < -0.3 is 4.90 Å². The van der Waals surface area contributed by atoms with Gasteiger partial charge in [-0.2, -0.15) is 4.31 Å². The molecule has 9 heteroatoms. The molecule has 0 radical (unpaired) electrons. The zero-order valence-corrected chi connectivity index (χ0v) is 14.8. The van der Waals surface area contributed by atoms with Crippen LogP contribution in [-0.2, 0) is 14.8 Å². The summed E-state index contributed by atoms with van der Waals surface area (Å²) in [6.07, 6.45) is 3.04. The second-order valence-corrected chi connectivity index (χ2v) is 8.69. The summed E-state index contributed by atoms with van der Waals surface area (Å²) in [6.45, 7) is 2.63. The molecule has 0 spiro atoms. The standard InChI is InChI=1S/C16H21N3O5S/c1-12-2-3-14(10-12)18-9-8-17(11-16(18)20)25(23,24)15-6-4-13(5-7-15)19(21)22/h4-7,12,14H,2-3,8-11H2,1H3/t12-,14+/m0/s1. The van der Waals surface area contributed by atoms with Crippen molar-refractivity contribution in [2.24, 2.45) is 5.92 Å². The molecular formula is C16H21N3O5S. The molecule has 25 heavy (non-hydrogen) atoms. The Morgan fingerprint density at radius 2 is 1.84 bits per heavy atom. The van der Waals surface area contributed by atoms with E-state index in [-0.39, 0.29) is 35.6 Å². The van der Waals surface area contributed by atoms with Crippen molar-refractivity contribution in [1.29, 1.82) is 0 Å². The number of sulfonamides is 1. The first-order chi connectivity index (χ1) is 11.8. The fourth-order valence-corrected chi connectivity index (χ4v) is 4.99. The maximum Gasteiger partial charge on any atom is 0.269 e. The molecule has 3 rings (SSSR count). The van der Waals surface area contributed by atoms with E-state index in [4.69, 9.17) is 0 Å². The molecule has 1 heterocycles. The topological polar surface area (TPSA) is 101 Å². The van der Waals surface area contributed by atoms with Crippen molar-refractivity contribution >= 4 is 21.6 Å². The second-order valence-electron chi connectivity index (χ2n) is 6.75. The number of non-ortho nitro benzene ring substituents is 1. The first kappa shape index (κ1) is 17.8. The van der Waals surface area contributed by atoms with E-state index in [9.17, 15) is 23.3 Å². The van der Waals surface area contributed by atoms with E-state index >= 15 is 0 Å². The number of nitro benzene ring substituents is 1. The molecule has 0 N–H and O–H groups in total. The normalized spacial score (nSPS) is 25.3. The zero-order chi connectivity index (χ0) is 18.2. The highest BCUT2D eigenvalue weighted by Gasteiger charge is 2.37. The Morgan fingerprint density at radius 1 is 1.16 bits per heavy atom. The summed E-state index contributed by atoms with van der Waals surface area (Å²) in [6, 6.07) is 4.95. The van der Waals surface area contributed by atoms with Crippen LogP contribution in [0.25, 0.3) is 0 Å². The van der Waals surface area contributed by atoms with Crippen molar-refractivity contribution in [3.8, 4) is 0 Å². The zero-order valence-electron chi connectivity index (χ0n) is 14.0. The van der Waals surface area contributed by atoms with Crippen LogP contribution in [-0.4, -0.2) is 54.1 Å². The number of piperazine rings is 1. The van der Waals surface area contributed by atoms with Crippen LogP contribution in [0.4, 0.5) is 5.69 Å². The highest BCUT2D eigenvalue weighted by Crippen LogP contribution is 2.30. The Morgan fingerprint density at radius 3 is 2.36 bits per heavy atom. The lowest BCUT2D eigenvalue weighted by Crippen LogP contribution is -2.54. The predicted octanol–water partition coefficient (Wildman–Crippen LogP) is 1.62. The minimum atomic E-state index is -3.83. The lowest BCUT2D eigenvalue weighted by Gasteiger charge is -2.37. The average Bonchev–Trinajstić information content (AvgIpc) is 3.01. The number of nitro groups is 1. The molecule has 1 aliphatic heterocycles. The molecule has 1 aliphatic carbocycles. The number of carbonyl (C=O) groups is 1. The van der Waals surface area contributed by atoms with Crippen LogP contribution in [0.3, 0.4) is 0 Å². The highest BCUT2D eigenvalue weighted by atomic mass is 32.2. The minimum absolute atomic E-state index is 0.0335. The number of nitrogens with zero attached hydrogens (tertiary/aromatic N) is 3. The van der Waals surface area contributed by atoms with Crippen molar-refractivity contribution in [2.45, 2.75) is 37.1 Å². The van der Waals surface area contributed by atoms with Gasteiger partial charge in [-0.15, -0.1) is 0 Å². The van der Waals surface area contributed by atoms with E-state index in [0.717, 1.165) is 35.7 Å². The molecule has 136 valence electrons. The fourth-order valence-electron chi connectivity index (χ4n) is 3.61. The number of benzene rings is 1. The largest absolute Gasteiger partial charge is 0.337 e. The van der Waals surface area contributed by atoms with Crippen LogP contribution in [0, 0.1) is 16.0 Å². The highest BCUT2D eigenvalue weighted by molar-refractivity contribution is 7.89. The van der Waals surface area contributed by atoms with Crippen molar-refractivity contribution in [1.82, 2.24) is 9.21 Å². The van der Waals surface area contributed by atoms with Gasteiger partial charge in [-0.1, -0.05) is 6.92 Å². The summed E-state index contributed by atoms with van der Waals surface area (Å²) in [5.41, 5.74) is -0.171. The maximum atomic E-state index is 12.7. The molecule has 1 aromatic carbocycles. The van der Waals surface area contributed by atoms with Crippen LogP contribution < -0.4 is 0 Å². The Hall–Kier alpha value is -2.00. The van der Waals surface area contributed by atoms with E-state index < -0.39 is 14.9 Å². The fraction of sp³-hybridized carbons (Fsp3) is 0.562. The second kappa shape index (κ2) is 6.72. The van der Waals surface area contributed by atoms with Crippen LogP contribution in [0.15, 0.2) is 29.2 Å². The smallest absolute Gasteiger partial charge is 0.269 e. The summed E-state index contributed by atoms with van der Waals surface area (Å²) >= 11 is 0. The Labute approximate surface area is 146 Å². The third-order valence-corrected chi connectivity index (χ3v) is 6.87. The van der Waals surface area contributed by atoms with Crippen LogP contribution >= 0.6 is 0 Å². The minimum Gasteiger partial charge on any atom is -0.337 e. The SMILES string of the molecule is C[C@H]1CC[C@@H](N2CCN(S(=O)(=O)c3ccc([N+](=O)[O-])cc3)CC2=O)C1. The molecule has 1 aromatic rings. The maximum absolute atomic E-state index is 12.7. The molecular weight excluding hydrogens is 346 g/mol. The third-order valence-electron chi connectivity index (χ3n) is 5.02. The summed E-state index contributed by atoms with van der Waals surface area (Å²) in [7, 11) is -3.83. The molecule has 0 bridgehead atoms. The quantitative estimate of drug-likeness (QED) is 0.594. The Balaban J connectivity index is 1.72. The van der Waals surface area contributed by atoms with Gasteiger partial charge in [0.2, 0.25) is 15.9 Å². The van der Waals surface area contributed by atoms with Gasteiger partial charge in [0, 0.05) is 31.3 Å². The predicted molar refractivity (Wildman–Crippen MR) is 90.4 cm³/mol. The number of rotatable bonds is 4. The molecule has 0 aromatic heterocycles. The van der Waals surface area contributed by atoms with Gasteiger partial charge in [-0.25, -0.2) is 8.42 Å². The summed E-state index contributed by atoms with van der Waals surface area (Å²) in [5, 5.41) is 10.7. The molecule has 0 unspecified atom stereocenters. The molecule has 1 amide bonds. The summed E-state index contributed by atoms with van der Waals surface area (Å²) in [5.74, 6) is 0.426.